The van der Waals surface area contributed by atoms with E-state index in [9.17, 15) is 4.79 Å². The summed E-state index contributed by atoms with van der Waals surface area (Å²) >= 11 is 0. The Balaban J connectivity index is 1.21. The van der Waals surface area contributed by atoms with Crippen LogP contribution in [0.4, 0.5) is 11.5 Å². The lowest BCUT2D eigenvalue weighted by Crippen LogP contribution is -2.46. The zero-order chi connectivity index (χ0) is 29.7. The summed E-state index contributed by atoms with van der Waals surface area (Å²) in [6.45, 7) is 11.1. The van der Waals surface area contributed by atoms with Crippen molar-refractivity contribution >= 4 is 28.6 Å². The summed E-state index contributed by atoms with van der Waals surface area (Å²) in [5.74, 6) is 0.156. The maximum atomic E-state index is 12.1. The van der Waals surface area contributed by atoms with Gasteiger partial charge in [-0.1, -0.05) is 45.2 Å². The van der Waals surface area contributed by atoms with Gasteiger partial charge in [0.05, 0.1) is 26.7 Å². The molecule has 11 heteroatoms. The summed E-state index contributed by atoms with van der Waals surface area (Å²) in [4.78, 5) is 30.4. The van der Waals surface area contributed by atoms with Crippen LogP contribution in [0.2, 0.25) is 0 Å². The first-order chi connectivity index (χ1) is 20.5. The summed E-state index contributed by atoms with van der Waals surface area (Å²) < 4.78 is 18.5. The lowest BCUT2D eigenvalue weighted by molar-refractivity contribution is -0.142. The molecule has 0 atom stereocenters. The minimum atomic E-state index is -0.149. The number of hydrogen-bond acceptors (Lipinski definition) is 10. The molecule has 1 aromatic carbocycles. The molecule has 11 nitrogen and oxygen atoms in total. The van der Waals surface area contributed by atoms with Gasteiger partial charge in [0, 0.05) is 38.4 Å². The molecule has 230 valence electrons. The van der Waals surface area contributed by atoms with E-state index >= 15 is 0 Å². The fourth-order valence-electron chi connectivity index (χ4n) is 5.13. The third kappa shape index (κ3) is 8.70. The number of nitrogens with two attached hydrogens (primary N) is 1. The maximum Gasteiger partial charge on any atom is 0.320 e. The van der Waals surface area contributed by atoms with E-state index < -0.39 is 0 Å². The van der Waals surface area contributed by atoms with Crippen molar-refractivity contribution in [1.29, 1.82) is 0 Å². The van der Waals surface area contributed by atoms with Gasteiger partial charge in [0.15, 0.2) is 17.0 Å². The van der Waals surface area contributed by atoms with Gasteiger partial charge in [-0.3, -0.25) is 14.3 Å². The van der Waals surface area contributed by atoms with Gasteiger partial charge in [0.1, 0.15) is 0 Å². The number of carbonyl (C=O) groups is 1. The average molecular weight is 582 g/mol. The number of benzene rings is 1. The molecule has 1 aliphatic heterocycles. The standard InChI is InChI=1S/C31H47N7O4/c1-4-6-20-41-26(39)23-24-12-11-13-25(22-24)37-18-16-36(17-19-37)14-9-8-10-15-38-29-27(33-31(38)40-3)28(32)34-30(35-29)42-21-7-5-2/h11-13,22H,4-10,14-21,23H2,1-3H3,(H2,32,34,35). The van der Waals surface area contributed by atoms with E-state index in [4.69, 9.17) is 19.9 Å². The van der Waals surface area contributed by atoms with E-state index in [1.165, 1.54) is 5.69 Å². The van der Waals surface area contributed by atoms with E-state index in [0.717, 1.165) is 89.8 Å². The molecule has 0 aliphatic carbocycles. The number of nitrogen functional groups attached to an aromatic ring is 1. The molecule has 2 N–H and O–H groups in total. The highest BCUT2D eigenvalue weighted by molar-refractivity contribution is 5.83. The normalized spacial score (nSPS) is 13.9. The van der Waals surface area contributed by atoms with Crippen LogP contribution < -0.4 is 20.1 Å². The van der Waals surface area contributed by atoms with E-state index in [1.807, 2.05) is 16.7 Å². The van der Waals surface area contributed by atoms with Crippen molar-refractivity contribution in [2.24, 2.45) is 0 Å². The number of aromatic nitrogens is 4. The fourth-order valence-corrected chi connectivity index (χ4v) is 5.13. The molecule has 0 saturated carbocycles. The van der Waals surface area contributed by atoms with Crippen LogP contribution in [0, 0.1) is 0 Å². The van der Waals surface area contributed by atoms with Gasteiger partial charge in [0.25, 0.3) is 6.01 Å². The Morgan fingerprint density at radius 2 is 1.69 bits per heavy atom. The molecular formula is C31H47N7O4. The number of nitrogens with zero attached hydrogens (tertiary/aromatic N) is 6. The van der Waals surface area contributed by atoms with Crippen molar-refractivity contribution in [2.45, 2.75) is 71.8 Å². The van der Waals surface area contributed by atoms with E-state index in [1.54, 1.807) is 7.11 Å². The molecule has 0 radical (unpaired) electrons. The number of hydrogen-bond donors (Lipinski definition) is 1. The van der Waals surface area contributed by atoms with Crippen LogP contribution in [-0.4, -0.2) is 83.4 Å². The van der Waals surface area contributed by atoms with Crippen LogP contribution in [0.15, 0.2) is 24.3 Å². The van der Waals surface area contributed by atoms with Crippen molar-refractivity contribution in [2.75, 3.05) is 63.7 Å². The highest BCUT2D eigenvalue weighted by atomic mass is 16.5. The fraction of sp³-hybridized carbons (Fsp3) is 0.613. The monoisotopic (exact) mass is 581 g/mol. The molecule has 0 amide bonds. The second kappa shape index (κ2) is 16.1. The number of esters is 1. The number of piperazine rings is 1. The lowest BCUT2D eigenvalue weighted by atomic mass is 10.1. The maximum absolute atomic E-state index is 12.1. The number of aryl methyl sites for hydroxylation is 1. The largest absolute Gasteiger partial charge is 0.468 e. The van der Waals surface area contributed by atoms with E-state index in [0.29, 0.717) is 42.6 Å². The second-order valence-corrected chi connectivity index (χ2v) is 10.8. The van der Waals surface area contributed by atoms with Gasteiger partial charge in [0.2, 0.25) is 0 Å². The molecule has 2 aromatic heterocycles. The van der Waals surface area contributed by atoms with Gasteiger partial charge in [-0.05, 0) is 49.9 Å². The van der Waals surface area contributed by atoms with Crippen LogP contribution in [0.25, 0.3) is 11.2 Å². The third-order valence-electron chi connectivity index (χ3n) is 7.59. The van der Waals surface area contributed by atoms with Crippen molar-refractivity contribution in [3.63, 3.8) is 0 Å². The van der Waals surface area contributed by atoms with Crippen LogP contribution in [0.5, 0.6) is 12.0 Å². The number of ether oxygens (including phenoxy) is 3. The molecule has 0 bridgehead atoms. The van der Waals surface area contributed by atoms with Gasteiger partial charge in [-0.2, -0.15) is 15.0 Å². The minimum absolute atomic E-state index is 0.149. The topological polar surface area (TPSA) is 121 Å². The van der Waals surface area contributed by atoms with Crippen molar-refractivity contribution in [1.82, 2.24) is 24.4 Å². The number of unbranched alkanes of at least 4 members (excludes halogenated alkanes) is 4. The quantitative estimate of drug-likeness (QED) is 0.180. The highest BCUT2D eigenvalue weighted by Gasteiger charge is 2.19. The Morgan fingerprint density at radius 1 is 0.929 bits per heavy atom. The van der Waals surface area contributed by atoms with Gasteiger partial charge >= 0.3 is 12.0 Å². The summed E-state index contributed by atoms with van der Waals surface area (Å²) in [7, 11) is 1.61. The molecular weight excluding hydrogens is 534 g/mol. The predicted octanol–water partition coefficient (Wildman–Crippen LogP) is 4.47. The zero-order valence-electron chi connectivity index (χ0n) is 25.5. The van der Waals surface area contributed by atoms with E-state index in [2.05, 4.69) is 50.7 Å². The van der Waals surface area contributed by atoms with Crippen LogP contribution in [0.3, 0.4) is 0 Å². The van der Waals surface area contributed by atoms with E-state index in [-0.39, 0.29) is 12.0 Å². The number of fused-ring (bicyclic) bond motifs is 1. The molecule has 4 rings (SSSR count). The zero-order valence-corrected chi connectivity index (χ0v) is 25.5. The summed E-state index contributed by atoms with van der Waals surface area (Å²) in [5, 5.41) is 0. The van der Waals surface area contributed by atoms with Crippen LogP contribution in [-0.2, 0) is 22.5 Å². The molecule has 1 aliphatic rings. The third-order valence-corrected chi connectivity index (χ3v) is 7.59. The smallest absolute Gasteiger partial charge is 0.320 e. The predicted molar refractivity (Wildman–Crippen MR) is 165 cm³/mol. The van der Waals surface area contributed by atoms with Crippen molar-refractivity contribution in [3.05, 3.63) is 29.8 Å². The number of anilines is 2. The number of carbonyl (C=O) groups excluding carboxylic acids is 1. The van der Waals surface area contributed by atoms with Gasteiger partial charge < -0.3 is 24.8 Å². The van der Waals surface area contributed by atoms with Gasteiger partial charge in [-0.25, -0.2) is 0 Å². The first-order valence-electron chi connectivity index (χ1n) is 15.4. The average Bonchev–Trinajstić information content (AvgIpc) is 3.36. The molecule has 0 unspecified atom stereocenters. The summed E-state index contributed by atoms with van der Waals surface area (Å²) in [6, 6.07) is 9.08. The number of methoxy groups -OCH3 is 1. The first kappa shape index (κ1) is 31.3. The Kier molecular flexibility index (Phi) is 12.0. The molecule has 1 fully saturated rings. The highest BCUT2D eigenvalue weighted by Crippen LogP contribution is 2.26. The Bertz CT molecular complexity index is 1270. The second-order valence-electron chi connectivity index (χ2n) is 10.8. The molecule has 42 heavy (non-hydrogen) atoms. The Labute approximate surface area is 249 Å². The molecule has 3 heterocycles. The van der Waals surface area contributed by atoms with Crippen molar-refractivity contribution < 1.29 is 19.0 Å². The van der Waals surface area contributed by atoms with Crippen LogP contribution >= 0.6 is 0 Å². The molecule has 0 spiro atoms. The summed E-state index contributed by atoms with van der Waals surface area (Å²) in [6.07, 6.45) is 7.40. The molecule has 3 aromatic rings. The Morgan fingerprint density at radius 3 is 2.45 bits per heavy atom. The SMILES string of the molecule is CCCCOC(=O)Cc1cccc(N2CCN(CCCCCn3c(OC)nc4c(N)nc(OCCCC)nc43)CC2)c1. The summed E-state index contributed by atoms with van der Waals surface area (Å²) in [5.41, 5.74) is 9.55. The first-order valence-corrected chi connectivity index (χ1v) is 15.4. The lowest BCUT2D eigenvalue weighted by Gasteiger charge is -2.36. The van der Waals surface area contributed by atoms with Crippen LogP contribution in [0.1, 0.15) is 64.4 Å². The number of imidazole rings is 1. The molecule has 1 saturated heterocycles. The van der Waals surface area contributed by atoms with Crippen molar-refractivity contribution in [3.8, 4) is 12.0 Å². The number of rotatable bonds is 17. The Hall–Kier alpha value is -3.60. The minimum Gasteiger partial charge on any atom is -0.468 e. The van der Waals surface area contributed by atoms with Gasteiger partial charge in [-0.15, -0.1) is 0 Å².